The maximum atomic E-state index is 12.5. The summed E-state index contributed by atoms with van der Waals surface area (Å²) in [5.41, 5.74) is -1.86. The van der Waals surface area contributed by atoms with Crippen molar-refractivity contribution in [3.05, 3.63) is 23.3 Å². The van der Waals surface area contributed by atoms with Gasteiger partial charge >= 0.3 is 12.1 Å². The molecule has 0 saturated carbocycles. The van der Waals surface area contributed by atoms with Crippen LogP contribution in [0.4, 0.5) is 13.2 Å². The van der Waals surface area contributed by atoms with E-state index in [1.54, 1.807) is 13.8 Å². The third-order valence-corrected chi connectivity index (χ3v) is 1.87. The van der Waals surface area contributed by atoms with E-state index in [2.05, 4.69) is 9.97 Å². The fourth-order valence-electron chi connectivity index (χ4n) is 1.21. The average Bonchev–Trinajstić information content (AvgIpc) is 2.14. The highest BCUT2D eigenvalue weighted by atomic mass is 19.4. The Balaban J connectivity index is 3.24. The lowest BCUT2D eigenvalue weighted by molar-refractivity contribution is -0.141. The van der Waals surface area contributed by atoms with Crippen LogP contribution in [0.2, 0.25) is 0 Å². The van der Waals surface area contributed by atoms with Gasteiger partial charge in [-0.05, 0) is 5.92 Å². The Morgan fingerprint density at radius 1 is 1.41 bits per heavy atom. The zero-order valence-corrected chi connectivity index (χ0v) is 9.25. The number of hydrogen-bond donors (Lipinski definition) is 1. The topological polar surface area (TPSA) is 63.1 Å². The summed E-state index contributed by atoms with van der Waals surface area (Å²) in [6, 6.07) is 0.437. The highest BCUT2D eigenvalue weighted by Gasteiger charge is 2.34. The number of carboxylic acid groups (broad SMARTS) is 1. The molecular formula is C10H11F3N2O2. The Labute approximate surface area is 95.5 Å². The molecule has 0 spiro atoms. The van der Waals surface area contributed by atoms with E-state index in [-0.39, 0.29) is 18.2 Å². The zero-order chi connectivity index (χ0) is 13.2. The number of alkyl halides is 3. The first kappa shape index (κ1) is 13.4. The van der Waals surface area contributed by atoms with Crippen LogP contribution in [0.1, 0.15) is 35.9 Å². The minimum atomic E-state index is -4.67. The van der Waals surface area contributed by atoms with E-state index in [4.69, 9.17) is 5.11 Å². The van der Waals surface area contributed by atoms with Crippen molar-refractivity contribution in [1.82, 2.24) is 9.97 Å². The standard InChI is InChI=1S/C10H11F3N2O2/c1-5(2)3-8-14-6(9(16)17)4-7(15-8)10(11,12)13/h4-5H,3H2,1-2H3,(H,16,17). The molecule has 94 valence electrons. The molecule has 1 heterocycles. The molecule has 0 radical (unpaired) electrons. The first-order valence-electron chi connectivity index (χ1n) is 4.88. The van der Waals surface area contributed by atoms with E-state index in [1.165, 1.54) is 0 Å². The molecule has 1 aromatic heterocycles. The third kappa shape index (κ3) is 3.69. The Bertz CT molecular complexity index is 430. The summed E-state index contributed by atoms with van der Waals surface area (Å²) in [5, 5.41) is 8.68. The predicted molar refractivity (Wildman–Crippen MR) is 52.5 cm³/mol. The predicted octanol–water partition coefficient (Wildman–Crippen LogP) is 2.39. The second-order valence-corrected chi connectivity index (χ2v) is 3.96. The number of nitrogens with zero attached hydrogens (tertiary/aromatic N) is 2. The second kappa shape index (κ2) is 4.68. The van der Waals surface area contributed by atoms with Crippen molar-refractivity contribution < 1.29 is 23.1 Å². The van der Waals surface area contributed by atoms with E-state index in [0.29, 0.717) is 6.07 Å². The van der Waals surface area contributed by atoms with Gasteiger partial charge < -0.3 is 5.11 Å². The third-order valence-electron chi connectivity index (χ3n) is 1.87. The van der Waals surface area contributed by atoms with E-state index in [9.17, 15) is 18.0 Å². The molecule has 4 nitrogen and oxygen atoms in total. The second-order valence-electron chi connectivity index (χ2n) is 3.96. The van der Waals surface area contributed by atoms with Gasteiger partial charge in [0.25, 0.3) is 0 Å². The number of hydrogen-bond acceptors (Lipinski definition) is 3. The first-order valence-corrected chi connectivity index (χ1v) is 4.88. The number of carboxylic acids is 1. The number of halogens is 3. The van der Waals surface area contributed by atoms with Crippen LogP contribution in [0, 0.1) is 5.92 Å². The van der Waals surface area contributed by atoms with Gasteiger partial charge in [0.05, 0.1) is 0 Å². The van der Waals surface area contributed by atoms with Gasteiger partial charge in [0.1, 0.15) is 11.5 Å². The molecule has 0 aliphatic rings. The van der Waals surface area contributed by atoms with Crippen LogP contribution >= 0.6 is 0 Å². The van der Waals surface area contributed by atoms with Crippen LogP contribution in [-0.4, -0.2) is 21.0 Å². The quantitative estimate of drug-likeness (QED) is 0.892. The van der Waals surface area contributed by atoms with Gasteiger partial charge in [-0.15, -0.1) is 0 Å². The Morgan fingerprint density at radius 3 is 2.41 bits per heavy atom. The van der Waals surface area contributed by atoms with Gasteiger partial charge in [-0.25, -0.2) is 14.8 Å². The largest absolute Gasteiger partial charge is 0.477 e. The number of carbonyl (C=O) groups is 1. The molecular weight excluding hydrogens is 237 g/mol. The zero-order valence-electron chi connectivity index (χ0n) is 9.25. The van der Waals surface area contributed by atoms with Crippen molar-refractivity contribution in [2.75, 3.05) is 0 Å². The first-order chi connectivity index (χ1) is 7.70. The number of aromatic carboxylic acids is 1. The molecule has 1 aromatic rings. The minimum Gasteiger partial charge on any atom is -0.477 e. The van der Waals surface area contributed by atoms with Crippen LogP contribution in [0.5, 0.6) is 0 Å². The van der Waals surface area contributed by atoms with Crippen LogP contribution in [0.15, 0.2) is 6.07 Å². The molecule has 0 aliphatic carbocycles. The van der Waals surface area contributed by atoms with Crippen LogP contribution < -0.4 is 0 Å². The van der Waals surface area contributed by atoms with Crippen molar-refractivity contribution in [2.24, 2.45) is 5.92 Å². The van der Waals surface area contributed by atoms with Gasteiger partial charge in [-0.2, -0.15) is 13.2 Å². The highest BCUT2D eigenvalue weighted by Crippen LogP contribution is 2.28. The summed E-state index contributed by atoms with van der Waals surface area (Å²) < 4.78 is 37.4. The maximum absolute atomic E-state index is 12.5. The lowest BCUT2D eigenvalue weighted by atomic mass is 10.1. The van der Waals surface area contributed by atoms with Crippen LogP contribution in [-0.2, 0) is 12.6 Å². The highest BCUT2D eigenvalue weighted by molar-refractivity contribution is 5.85. The number of aromatic nitrogens is 2. The summed E-state index contributed by atoms with van der Waals surface area (Å²) in [7, 11) is 0. The van der Waals surface area contributed by atoms with E-state index >= 15 is 0 Å². The van der Waals surface area contributed by atoms with E-state index < -0.39 is 23.5 Å². The van der Waals surface area contributed by atoms with Crippen molar-refractivity contribution in [3.63, 3.8) is 0 Å². The molecule has 0 atom stereocenters. The normalized spacial score (nSPS) is 11.9. The summed E-state index contributed by atoms with van der Waals surface area (Å²) in [6.07, 6.45) is -4.47. The molecule has 17 heavy (non-hydrogen) atoms. The fraction of sp³-hybridized carbons (Fsp3) is 0.500. The monoisotopic (exact) mass is 248 g/mol. The molecule has 0 unspecified atom stereocenters. The van der Waals surface area contributed by atoms with E-state index in [0.717, 1.165) is 0 Å². The Morgan fingerprint density at radius 2 is 2.00 bits per heavy atom. The smallest absolute Gasteiger partial charge is 0.433 e. The van der Waals surface area contributed by atoms with Gasteiger partial charge in [-0.3, -0.25) is 0 Å². The van der Waals surface area contributed by atoms with Crippen molar-refractivity contribution in [1.29, 1.82) is 0 Å². The molecule has 1 N–H and O–H groups in total. The molecule has 0 bridgehead atoms. The lowest BCUT2D eigenvalue weighted by Gasteiger charge is -2.09. The minimum absolute atomic E-state index is 0.0418. The van der Waals surface area contributed by atoms with Crippen molar-refractivity contribution in [3.8, 4) is 0 Å². The summed E-state index contributed by atoms with van der Waals surface area (Å²) in [4.78, 5) is 17.6. The van der Waals surface area contributed by atoms with Crippen molar-refractivity contribution in [2.45, 2.75) is 26.4 Å². The molecule has 0 saturated heterocycles. The van der Waals surface area contributed by atoms with Gasteiger partial charge in [0.15, 0.2) is 5.69 Å². The molecule has 1 rings (SSSR count). The maximum Gasteiger partial charge on any atom is 0.433 e. The average molecular weight is 248 g/mol. The molecule has 0 aromatic carbocycles. The summed E-state index contributed by atoms with van der Waals surface area (Å²) in [5.74, 6) is -1.56. The fourth-order valence-corrected chi connectivity index (χ4v) is 1.21. The van der Waals surface area contributed by atoms with Gasteiger partial charge in [0, 0.05) is 12.5 Å². The molecule has 0 aliphatic heterocycles. The summed E-state index contributed by atoms with van der Waals surface area (Å²) >= 11 is 0. The summed E-state index contributed by atoms with van der Waals surface area (Å²) in [6.45, 7) is 3.56. The van der Waals surface area contributed by atoms with Gasteiger partial charge in [0.2, 0.25) is 0 Å². The molecule has 7 heteroatoms. The van der Waals surface area contributed by atoms with E-state index in [1.807, 2.05) is 0 Å². The van der Waals surface area contributed by atoms with Crippen molar-refractivity contribution >= 4 is 5.97 Å². The van der Waals surface area contributed by atoms with Crippen LogP contribution in [0.25, 0.3) is 0 Å². The molecule has 0 fully saturated rings. The number of rotatable bonds is 3. The lowest BCUT2D eigenvalue weighted by Crippen LogP contribution is -2.15. The Hall–Kier alpha value is -1.66. The SMILES string of the molecule is CC(C)Cc1nc(C(=O)O)cc(C(F)(F)F)n1. The molecule has 0 amide bonds. The Kier molecular flexibility index (Phi) is 3.69. The van der Waals surface area contributed by atoms with Crippen LogP contribution in [0.3, 0.4) is 0 Å². The van der Waals surface area contributed by atoms with Gasteiger partial charge in [-0.1, -0.05) is 13.8 Å².